The zero-order valence-corrected chi connectivity index (χ0v) is 12.2. The molecule has 0 saturated carbocycles. The summed E-state index contributed by atoms with van der Waals surface area (Å²) in [6.07, 6.45) is 3.04. The largest absolute Gasteiger partial charge is 0.338 e. The van der Waals surface area contributed by atoms with E-state index < -0.39 is 4.92 Å². The third-order valence-corrected chi connectivity index (χ3v) is 3.89. The van der Waals surface area contributed by atoms with Crippen molar-refractivity contribution in [1.29, 1.82) is 0 Å². The van der Waals surface area contributed by atoms with Crippen LogP contribution < -0.4 is 5.32 Å². The Balaban J connectivity index is 1.91. The van der Waals surface area contributed by atoms with Crippen LogP contribution in [0.1, 0.15) is 24.8 Å². The topological polar surface area (TPSA) is 75.5 Å². The quantitative estimate of drug-likeness (QED) is 0.640. The molecule has 0 spiro atoms. The first kappa shape index (κ1) is 15.4. The van der Waals surface area contributed by atoms with Crippen LogP contribution >= 0.6 is 0 Å². The van der Waals surface area contributed by atoms with Crippen molar-refractivity contribution in [2.45, 2.75) is 31.7 Å². The average Bonchev–Trinajstić information content (AvgIpc) is 2.94. The summed E-state index contributed by atoms with van der Waals surface area (Å²) in [7, 11) is 1.89. The first-order valence-corrected chi connectivity index (χ1v) is 7.29. The molecule has 1 unspecified atom stereocenters. The van der Waals surface area contributed by atoms with E-state index in [1.165, 1.54) is 6.07 Å². The second-order valence-corrected chi connectivity index (χ2v) is 5.37. The van der Waals surface area contributed by atoms with Gasteiger partial charge in [-0.05, 0) is 31.9 Å². The second-order valence-electron chi connectivity index (χ2n) is 5.37. The minimum Gasteiger partial charge on any atom is -0.338 e. The maximum atomic E-state index is 12.3. The van der Waals surface area contributed by atoms with E-state index >= 15 is 0 Å². The molecule has 1 fully saturated rings. The van der Waals surface area contributed by atoms with Gasteiger partial charge in [-0.3, -0.25) is 14.9 Å². The third-order valence-electron chi connectivity index (χ3n) is 3.89. The third kappa shape index (κ3) is 4.01. The van der Waals surface area contributed by atoms with Crippen LogP contribution in [0.25, 0.3) is 0 Å². The van der Waals surface area contributed by atoms with E-state index in [9.17, 15) is 14.9 Å². The van der Waals surface area contributed by atoms with Gasteiger partial charge in [0.05, 0.1) is 4.92 Å². The number of hydrogen-bond acceptors (Lipinski definition) is 4. The molecule has 1 aliphatic heterocycles. The van der Waals surface area contributed by atoms with Crippen molar-refractivity contribution in [3.63, 3.8) is 0 Å². The number of carbonyl (C=O) groups is 1. The number of aryl methyl sites for hydroxylation is 1. The van der Waals surface area contributed by atoms with E-state index in [1.54, 1.807) is 12.1 Å². The first-order chi connectivity index (χ1) is 10.1. The molecule has 6 nitrogen and oxygen atoms in total. The number of hydrogen-bond donors (Lipinski definition) is 1. The van der Waals surface area contributed by atoms with Crippen molar-refractivity contribution in [2.75, 3.05) is 20.1 Å². The monoisotopic (exact) mass is 291 g/mol. The van der Waals surface area contributed by atoms with Gasteiger partial charge in [0.2, 0.25) is 5.91 Å². The molecule has 0 radical (unpaired) electrons. The molecule has 1 amide bonds. The maximum Gasteiger partial charge on any atom is 0.269 e. The van der Waals surface area contributed by atoms with Gasteiger partial charge in [-0.25, -0.2) is 0 Å². The average molecular weight is 291 g/mol. The summed E-state index contributed by atoms with van der Waals surface area (Å²) >= 11 is 0. The fourth-order valence-electron chi connectivity index (χ4n) is 2.83. The number of carbonyl (C=O) groups excluding carboxylic acids is 1. The Morgan fingerprint density at radius 2 is 2.33 bits per heavy atom. The summed E-state index contributed by atoms with van der Waals surface area (Å²) < 4.78 is 0. The Labute approximate surface area is 124 Å². The molecule has 0 aliphatic carbocycles. The summed E-state index contributed by atoms with van der Waals surface area (Å²) in [5, 5.41) is 13.9. The molecule has 0 bridgehead atoms. The molecular formula is C15H21N3O3. The minimum atomic E-state index is -0.408. The number of likely N-dealkylation sites (tertiary alicyclic amines) is 1. The molecule has 1 heterocycles. The summed E-state index contributed by atoms with van der Waals surface area (Å²) in [6.45, 7) is 1.64. The summed E-state index contributed by atoms with van der Waals surface area (Å²) in [5.74, 6) is 0.138. The maximum absolute atomic E-state index is 12.3. The van der Waals surface area contributed by atoms with E-state index in [1.807, 2.05) is 18.0 Å². The van der Waals surface area contributed by atoms with Gasteiger partial charge in [0, 0.05) is 37.7 Å². The summed E-state index contributed by atoms with van der Waals surface area (Å²) in [4.78, 5) is 24.6. The van der Waals surface area contributed by atoms with Crippen LogP contribution in [0.2, 0.25) is 0 Å². The van der Waals surface area contributed by atoms with Gasteiger partial charge in [-0.2, -0.15) is 0 Å². The Hall–Kier alpha value is -1.95. The molecule has 1 aromatic rings. The number of rotatable bonds is 6. The molecule has 1 saturated heterocycles. The Bertz CT molecular complexity index is 519. The normalized spacial score (nSPS) is 18.0. The smallest absolute Gasteiger partial charge is 0.269 e. The molecular weight excluding hydrogens is 270 g/mol. The number of likely N-dealkylation sites (N-methyl/N-ethyl adjacent to an activating group) is 1. The van der Waals surface area contributed by atoms with Gasteiger partial charge in [0.25, 0.3) is 5.69 Å². The molecule has 1 aromatic carbocycles. The van der Waals surface area contributed by atoms with Crippen molar-refractivity contribution >= 4 is 11.6 Å². The lowest BCUT2D eigenvalue weighted by Gasteiger charge is -2.24. The Morgan fingerprint density at radius 1 is 1.52 bits per heavy atom. The molecule has 114 valence electrons. The highest BCUT2D eigenvalue weighted by Crippen LogP contribution is 2.19. The number of nitro groups is 1. The van der Waals surface area contributed by atoms with Crippen LogP contribution in [0, 0.1) is 10.1 Å². The fraction of sp³-hybridized carbons (Fsp3) is 0.533. The number of non-ortho nitro benzene ring substituents is 1. The van der Waals surface area contributed by atoms with Gasteiger partial charge in [0.15, 0.2) is 0 Å². The zero-order valence-electron chi connectivity index (χ0n) is 12.2. The molecule has 6 heteroatoms. The van der Waals surface area contributed by atoms with E-state index in [0.29, 0.717) is 12.8 Å². The van der Waals surface area contributed by atoms with Crippen molar-refractivity contribution in [2.24, 2.45) is 0 Å². The summed E-state index contributed by atoms with van der Waals surface area (Å²) in [5.41, 5.74) is 0.913. The molecule has 1 aliphatic rings. The predicted octanol–water partition coefficient (Wildman–Crippen LogP) is 1.74. The van der Waals surface area contributed by atoms with Gasteiger partial charge >= 0.3 is 0 Å². The molecule has 21 heavy (non-hydrogen) atoms. The van der Waals surface area contributed by atoms with Crippen LogP contribution in [0.4, 0.5) is 5.69 Å². The summed E-state index contributed by atoms with van der Waals surface area (Å²) in [6, 6.07) is 6.79. The van der Waals surface area contributed by atoms with Gasteiger partial charge < -0.3 is 10.2 Å². The standard InChI is InChI=1S/C15H21N3O3/c1-16-11-14-6-3-9-17(14)15(19)8-7-12-4-2-5-13(10-12)18(20)21/h2,4-5,10,14,16H,3,6-9,11H2,1H3. The number of benzene rings is 1. The highest BCUT2D eigenvalue weighted by molar-refractivity contribution is 5.77. The minimum absolute atomic E-state index is 0.0779. The van der Waals surface area contributed by atoms with E-state index in [4.69, 9.17) is 0 Å². The molecule has 1 N–H and O–H groups in total. The van der Waals surface area contributed by atoms with Crippen LogP contribution in [-0.2, 0) is 11.2 Å². The number of amides is 1. The lowest BCUT2D eigenvalue weighted by atomic mass is 10.1. The number of nitrogens with zero attached hydrogens (tertiary/aromatic N) is 2. The zero-order chi connectivity index (χ0) is 15.2. The molecule has 2 rings (SSSR count). The van der Waals surface area contributed by atoms with E-state index in [0.717, 1.165) is 31.5 Å². The predicted molar refractivity (Wildman–Crippen MR) is 80.1 cm³/mol. The van der Waals surface area contributed by atoms with E-state index in [-0.39, 0.29) is 17.6 Å². The van der Waals surface area contributed by atoms with Crippen molar-refractivity contribution in [3.8, 4) is 0 Å². The van der Waals surface area contributed by atoms with Gasteiger partial charge in [-0.15, -0.1) is 0 Å². The molecule has 0 aromatic heterocycles. The van der Waals surface area contributed by atoms with Crippen LogP contribution in [0.3, 0.4) is 0 Å². The second kappa shape index (κ2) is 7.17. The lowest BCUT2D eigenvalue weighted by Crippen LogP contribution is -2.40. The van der Waals surface area contributed by atoms with Crippen molar-refractivity contribution in [1.82, 2.24) is 10.2 Å². The number of nitrogens with one attached hydrogen (secondary N) is 1. The van der Waals surface area contributed by atoms with Crippen LogP contribution in [-0.4, -0.2) is 41.9 Å². The first-order valence-electron chi connectivity index (χ1n) is 7.29. The SMILES string of the molecule is CNCC1CCCN1C(=O)CCc1cccc([N+](=O)[O-])c1. The van der Waals surface area contributed by atoms with Crippen molar-refractivity contribution in [3.05, 3.63) is 39.9 Å². The molecule has 1 atom stereocenters. The highest BCUT2D eigenvalue weighted by atomic mass is 16.6. The van der Waals surface area contributed by atoms with Gasteiger partial charge in [-0.1, -0.05) is 12.1 Å². The Morgan fingerprint density at radius 3 is 3.05 bits per heavy atom. The van der Waals surface area contributed by atoms with E-state index in [2.05, 4.69) is 5.32 Å². The van der Waals surface area contributed by atoms with Crippen LogP contribution in [0.5, 0.6) is 0 Å². The number of nitro benzene ring substituents is 1. The van der Waals surface area contributed by atoms with Crippen LogP contribution in [0.15, 0.2) is 24.3 Å². The van der Waals surface area contributed by atoms with Crippen molar-refractivity contribution < 1.29 is 9.72 Å². The highest BCUT2D eigenvalue weighted by Gasteiger charge is 2.27. The fourth-order valence-corrected chi connectivity index (χ4v) is 2.83. The lowest BCUT2D eigenvalue weighted by molar-refractivity contribution is -0.384. The van der Waals surface area contributed by atoms with Gasteiger partial charge in [0.1, 0.15) is 0 Å². The Kier molecular flexibility index (Phi) is 5.27.